The fourth-order valence-corrected chi connectivity index (χ4v) is 3.15. The van der Waals surface area contributed by atoms with Gasteiger partial charge in [-0.15, -0.1) is 11.7 Å². The number of nitrogens with one attached hydrogen (secondary N) is 1. The fraction of sp³-hybridized carbons (Fsp3) is 0.389. The van der Waals surface area contributed by atoms with Gasteiger partial charge in [-0.3, -0.25) is 14.9 Å². The van der Waals surface area contributed by atoms with E-state index in [4.69, 9.17) is 0 Å². The van der Waals surface area contributed by atoms with Gasteiger partial charge in [0.1, 0.15) is 0 Å². The van der Waals surface area contributed by atoms with Crippen LogP contribution in [0.15, 0.2) is 43.1 Å². The molecule has 0 radical (unpaired) electrons. The van der Waals surface area contributed by atoms with Gasteiger partial charge in [-0.2, -0.15) is 0 Å². The second-order valence-electron chi connectivity index (χ2n) is 6.47. The summed E-state index contributed by atoms with van der Waals surface area (Å²) in [7, 11) is 0. The molecule has 0 atom stereocenters. The van der Waals surface area contributed by atoms with Crippen LogP contribution in [0.5, 0.6) is 0 Å². The number of non-ortho nitro benzene ring substituents is 1. The number of rotatable bonds is 7. The summed E-state index contributed by atoms with van der Waals surface area (Å²) in [6, 6.07) is 6.49. The summed E-state index contributed by atoms with van der Waals surface area (Å²) >= 11 is 0. The second-order valence-corrected chi connectivity index (χ2v) is 6.47. The largest absolute Gasteiger partial charge is 0.329 e. The van der Waals surface area contributed by atoms with Gasteiger partial charge in [0.05, 0.1) is 17.2 Å². The maximum absolute atomic E-state index is 12.9. The van der Waals surface area contributed by atoms with Gasteiger partial charge in [0.25, 0.3) is 11.6 Å². The average molecular weight is 370 g/mol. The molecular weight excluding hydrogens is 348 g/mol. The van der Waals surface area contributed by atoms with Crippen LogP contribution >= 0.6 is 0 Å². The Hall–Kier alpha value is -3.07. The molecule has 1 aromatic heterocycles. The predicted molar refractivity (Wildman–Crippen MR) is 99.2 cm³/mol. The number of carbonyl (C=O) groups excluding carboxylic acids is 1. The number of nitro benzene ring substituents is 1. The first kappa shape index (κ1) is 18.7. The molecule has 0 saturated carbocycles. The number of amides is 1. The first-order valence-electron chi connectivity index (χ1n) is 8.84. The maximum atomic E-state index is 12.9. The Kier molecular flexibility index (Phi) is 5.92. The van der Waals surface area contributed by atoms with Crippen LogP contribution in [0.1, 0.15) is 34.9 Å². The van der Waals surface area contributed by atoms with Crippen molar-refractivity contribution < 1.29 is 9.72 Å². The van der Waals surface area contributed by atoms with Crippen molar-refractivity contribution in [1.82, 2.24) is 25.2 Å². The molecular formula is C18H22N6O3. The lowest BCUT2D eigenvalue weighted by Crippen LogP contribution is -2.31. The summed E-state index contributed by atoms with van der Waals surface area (Å²) in [5, 5.41) is 22.4. The molecule has 1 aliphatic heterocycles. The van der Waals surface area contributed by atoms with Crippen LogP contribution in [0.3, 0.4) is 0 Å². The number of piperidine rings is 1. The van der Waals surface area contributed by atoms with Crippen LogP contribution in [0, 0.1) is 10.1 Å². The fourth-order valence-electron chi connectivity index (χ4n) is 3.15. The molecule has 2 aromatic rings. The molecule has 142 valence electrons. The number of aromatic nitrogens is 3. The molecule has 1 amide bonds. The molecule has 2 heterocycles. The summed E-state index contributed by atoms with van der Waals surface area (Å²) in [6.45, 7) is 6.07. The van der Waals surface area contributed by atoms with E-state index in [1.807, 2.05) is 0 Å². The molecule has 1 aliphatic rings. The Morgan fingerprint density at radius 1 is 1.44 bits per heavy atom. The standard InChI is InChI=1S/C18H22N6O3/c1-2-10-22(12-14-4-3-5-16(11-14)24(26)27)18(25)17-13-23(21-20-17)15-6-8-19-9-7-15/h2-5,11,13,15,19H,1,6-10,12H2. The van der Waals surface area contributed by atoms with Crippen molar-refractivity contribution in [1.29, 1.82) is 0 Å². The molecule has 27 heavy (non-hydrogen) atoms. The van der Waals surface area contributed by atoms with Crippen LogP contribution in [0.2, 0.25) is 0 Å². The minimum Gasteiger partial charge on any atom is -0.329 e. The van der Waals surface area contributed by atoms with Crippen molar-refractivity contribution in [2.24, 2.45) is 0 Å². The van der Waals surface area contributed by atoms with E-state index in [-0.39, 0.29) is 29.9 Å². The van der Waals surface area contributed by atoms with E-state index in [1.54, 1.807) is 34.0 Å². The van der Waals surface area contributed by atoms with Crippen molar-refractivity contribution >= 4 is 11.6 Å². The van der Waals surface area contributed by atoms with E-state index in [2.05, 4.69) is 22.2 Å². The van der Waals surface area contributed by atoms with E-state index in [9.17, 15) is 14.9 Å². The Balaban J connectivity index is 1.75. The minimum atomic E-state index is -0.451. The van der Waals surface area contributed by atoms with Gasteiger partial charge in [0, 0.05) is 25.2 Å². The van der Waals surface area contributed by atoms with Crippen LogP contribution in [0.25, 0.3) is 0 Å². The molecule has 1 N–H and O–H groups in total. The normalized spacial score (nSPS) is 14.7. The monoisotopic (exact) mass is 370 g/mol. The van der Waals surface area contributed by atoms with E-state index >= 15 is 0 Å². The summed E-state index contributed by atoms with van der Waals surface area (Å²) in [4.78, 5) is 24.9. The third kappa shape index (κ3) is 4.56. The van der Waals surface area contributed by atoms with E-state index in [0.717, 1.165) is 25.9 Å². The molecule has 0 unspecified atom stereocenters. The first-order valence-corrected chi connectivity index (χ1v) is 8.84. The third-order valence-corrected chi connectivity index (χ3v) is 4.54. The Morgan fingerprint density at radius 2 is 2.22 bits per heavy atom. The number of hydrogen-bond acceptors (Lipinski definition) is 6. The summed E-state index contributed by atoms with van der Waals surface area (Å²) in [6.07, 6.45) is 5.19. The zero-order valence-corrected chi connectivity index (χ0v) is 15.0. The zero-order valence-electron chi connectivity index (χ0n) is 15.0. The molecule has 3 rings (SSSR count). The highest BCUT2D eigenvalue weighted by Crippen LogP contribution is 2.19. The molecule has 0 aliphatic carbocycles. The topological polar surface area (TPSA) is 106 Å². The highest BCUT2D eigenvalue weighted by molar-refractivity contribution is 5.92. The Labute approximate surface area is 156 Å². The van der Waals surface area contributed by atoms with Crippen molar-refractivity contribution in [3.05, 3.63) is 64.5 Å². The van der Waals surface area contributed by atoms with E-state index in [1.165, 1.54) is 12.1 Å². The SMILES string of the molecule is C=CCN(Cc1cccc([N+](=O)[O-])c1)C(=O)c1cn(C2CCNCC2)nn1. The third-order valence-electron chi connectivity index (χ3n) is 4.54. The molecule has 0 spiro atoms. The Bertz CT molecular complexity index is 828. The Morgan fingerprint density at radius 3 is 2.93 bits per heavy atom. The minimum absolute atomic E-state index is 0.00430. The van der Waals surface area contributed by atoms with Gasteiger partial charge in [0.15, 0.2) is 5.69 Å². The second kappa shape index (κ2) is 8.54. The lowest BCUT2D eigenvalue weighted by atomic mass is 10.1. The van der Waals surface area contributed by atoms with Crippen LogP contribution in [0.4, 0.5) is 5.69 Å². The number of nitro groups is 1. The van der Waals surface area contributed by atoms with Crippen LogP contribution in [-0.2, 0) is 6.54 Å². The molecule has 1 fully saturated rings. The molecule has 9 heteroatoms. The van der Waals surface area contributed by atoms with Crippen molar-refractivity contribution in [2.75, 3.05) is 19.6 Å². The number of hydrogen-bond donors (Lipinski definition) is 1. The lowest BCUT2D eigenvalue weighted by molar-refractivity contribution is -0.384. The van der Waals surface area contributed by atoms with Crippen LogP contribution < -0.4 is 5.32 Å². The van der Waals surface area contributed by atoms with Crippen LogP contribution in [-0.4, -0.2) is 50.4 Å². The van der Waals surface area contributed by atoms with Gasteiger partial charge >= 0.3 is 0 Å². The number of benzene rings is 1. The smallest absolute Gasteiger partial charge is 0.276 e. The number of nitrogens with zero attached hydrogens (tertiary/aromatic N) is 5. The quantitative estimate of drug-likeness (QED) is 0.453. The van der Waals surface area contributed by atoms with Gasteiger partial charge in [-0.05, 0) is 31.5 Å². The highest BCUT2D eigenvalue weighted by Gasteiger charge is 2.22. The summed E-state index contributed by atoms with van der Waals surface area (Å²) < 4.78 is 1.76. The molecule has 1 saturated heterocycles. The lowest BCUT2D eigenvalue weighted by Gasteiger charge is -2.22. The van der Waals surface area contributed by atoms with Crippen molar-refractivity contribution in [2.45, 2.75) is 25.4 Å². The van der Waals surface area contributed by atoms with E-state index < -0.39 is 4.92 Å². The summed E-state index contributed by atoms with van der Waals surface area (Å²) in [5.41, 5.74) is 0.932. The van der Waals surface area contributed by atoms with E-state index in [0.29, 0.717) is 12.1 Å². The maximum Gasteiger partial charge on any atom is 0.276 e. The molecule has 9 nitrogen and oxygen atoms in total. The average Bonchev–Trinajstić information content (AvgIpc) is 3.18. The zero-order chi connectivity index (χ0) is 19.2. The van der Waals surface area contributed by atoms with Crippen molar-refractivity contribution in [3.8, 4) is 0 Å². The van der Waals surface area contributed by atoms with Crippen molar-refractivity contribution in [3.63, 3.8) is 0 Å². The summed E-state index contributed by atoms with van der Waals surface area (Å²) in [5.74, 6) is -0.276. The van der Waals surface area contributed by atoms with Gasteiger partial charge in [-0.1, -0.05) is 23.4 Å². The number of carbonyl (C=O) groups is 1. The van der Waals surface area contributed by atoms with Gasteiger partial charge in [0.2, 0.25) is 0 Å². The molecule has 0 bridgehead atoms. The molecule has 1 aromatic carbocycles. The highest BCUT2D eigenvalue weighted by atomic mass is 16.6. The van der Waals surface area contributed by atoms with Gasteiger partial charge in [-0.25, -0.2) is 4.68 Å². The van der Waals surface area contributed by atoms with Gasteiger partial charge < -0.3 is 10.2 Å². The predicted octanol–water partition coefficient (Wildman–Crippen LogP) is 1.94. The first-order chi connectivity index (χ1) is 13.1.